The summed E-state index contributed by atoms with van der Waals surface area (Å²) in [5.41, 5.74) is 1.36. The first kappa shape index (κ1) is 11.4. The van der Waals surface area contributed by atoms with Gasteiger partial charge in [0.05, 0.1) is 0 Å². The fourth-order valence-electron chi connectivity index (χ4n) is 1.64. The van der Waals surface area contributed by atoms with E-state index in [1.165, 1.54) is 18.4 Å². The van der Waals surface area contributed by atoms with Crippen molar-refractivity contribution in [3.8, 4) is 0 Å². The van der Waals surface area contributed by atoms with Crippen LogP contribution < -0.4 is 0 Å². The quantitative estimate of drug-likeness (QED) is 0.397. The summed E-state index contributed by atoms with van der Waals surface area (Å²) in [6.07, 6.45) is 8.81. The Morgan fingerprint density at radius 2 is 2.07 bits per heavy atom. The fourth-order valence-corrected chi connectivity index (χ4v) is 2.03. The average molecular weight is 209 g/mol. The van der Waals surface area contributed by atoms with Gasteiger partial charge in [-0.1, -0.05) is 23.9 Å². The normalized spacial score (nSPS) is 17.2. The van der Waals surface area contributed by atoms with E-state index in [1.807, 2.05) is 6.08 Å². The molecule has 2 heteroatoms. The lowest BCUT2D eigenvalue weighted by Gasteiger charge is -2.16. The zero-order valence-electron chi connectivity index (χ0n) is 8.96. The SMILES string of the molecule is C=CCC/C(C)=C\C(=S)N1CCCC1. The van der Waals surface area contributed by atoms with Gasteiger partial charge in [-0.25, -0.2) is 0 Å². The van der Waals surface area contributed by atoms with Gasteiger partial charge in [-0.3, -0.25) is 0 Å². The summed E-state index contributed by atoms with van der Waals surface area (Å²) in [5, 5.41) is 0. The number of hydrogen-bond donors (Lipinski definition) is 0. The molecular weight excluding hydrogens is 190 g/mol. The van der Waals surface area contributed by atoms with Crippen LogP contribution in [0.25, 0.3) is 0 Å². The van der Waals surface area contributed by atoms with Crippen LogP contribution in [-0.2, 0) is 0 Å². The highest BCUT2D eigenvalue weighted by Crippen LogP contribution is 2.11. The Morgan fingerprint density at radius 1 is 1.43 bits per heavy atom. The molecule has 78 valence electrons. The molecule has 1 aliphatic heterocycles. The molecule has 0 aliphatic carbocycles. The molecule has 14 heavy (non-hydrogen) atoms. The highest BCUT2D eigenvalue weighted by molar-refractivity contribution is 7.80. The second-order valence-electron chi connectivity index (χ2n) is 3.85. The number of thiocarbonyl (C=S) groups is 1. The lowest BCUT2D eigenvalue weighted by Crippen LogP contribution is -2.24. The molecule has 0 bridgehead atoms. The van der Waals surface area contributed by atoms with E-state index in [1.54, 1.807) is 0 Å². The maximum atomic E-state index is 5.36. The Kier molecular flexibility index (Phi) is 4.88. The number of allylic oxidation sites excluding steroid dienone is 2. The predicted molar refractivity (Wildman–Crippen MR) is 66.6 cm³/mol. The average Bonchev–Trinajstić information content (AvgIpc) is 2.67. The topological polar surface area (TPSA) is 3.24 Å². The molecular formula is C12H19NS. The van der Waals surface area contributed by atoms with Crippen LogP contribution in [0.1, 0.15) is 32.6 Å². The van der Waals surface area contributed by atoms with Gasteiger partial charge in [0, 0.05) is 13.1 Å². The third kappa shape index (κ3) is 3.62. The van der Waals surface area contributed by atoms with Crippen LogP contribution in [0.15, 0.2) is 24.3 Å². The van der Waals surface area contributed by atoms with Crippen LogP contribution in [0.5, 0.6) is 0 Å². The molecule has 0 aromatic heterocycles. The van der Waals surface area contributed by atoms with Crippen LogP contribution >= 0.6 is 12.2 Å². The monoisotopic (exact) mass is 209 g/mol. The lowest BCUT2D eigenvalue weighted by molar-refractivity contribution is 0.531. The fraction of sp³-hybridized carbons (Fsp3) is 0.583. The van der Waals surface area contributed by atoms with Crippen molar-refractivity contribution in [3.63, 3.8) is 0 Å². The van der Waals surface area contributed by atoms with Gasteiger partial charge in [0.15, 0.2) is 0 Å². The van der Waals surface area contributed by atoms with E-state index in [9.17, 15) is 0 Å². The van der Waals surface area contributed by atoms with E-state index >= 15 is 0 Å². The molecule has 1 aliphatic rings. The van der Waals surface area contributed by atoms with E-state index in [2.05, 4.69) is 24.5 Å². The summed E-state index contributed by atoms with van der Waals surface area (Å²) >= 11 is 5.36. The Labute approximate surface area is 92.5 Å². The summed E-state index contributed by atoms with van der Waals surface area (Å²) in [6.45, 7) is 8.15. The van der Waals surface area contributed by atoms with Crippen molar-refractivity contribution in [2.75, 3.05) is 13.1 Å². The zero-order valence-corrected chi connectivity index (χ0v) is 9.78. The first-order valence-corrected chi connectivity index (χ1v) is 5.72. The molecule has 0 amide bonds. The number of nitrogens with zero attached hydrogens (tertiary/aromatic N) is 1. The highest BCUT2D eigenvalue weighted by atomic mass is 32.1. The van der Waals surface area contributed by atoms with Gasteiger partial charge in [0.1, 0.15) is 4.99 Å². The Morgan fingerprint density at radius 3 is 2.64 bits per heavy atom. The number of likely N-dealkylation sites (tertiary alicyclic amines) is 1. The van der Waals surface area contributed by atoms with Crippen molar-refractivity contribution in [2.45, 2.75) is 32.6 Å². The van der Waals surface area contributed by atoms with E-state index in [-0.39, 0.29) is 0 Å². The first-order valence-electron chi connectivity index (χ1n) is 5.31. The van der Waals surface area contributed by atoms with E-state index in [4.69, 9.17) is 12.2 Å². The molecule has 1 saturated heterocycles. The number of hydrogen-bond acceptors (Lipinski definition) is 1. The van der Waals surface area contributed by atoms with Crippen molar-refractivity contribution >= 4 is 17.2 Å². The molecule has 0 spiro atoms. The van der Waals surface area contributed by atoms with Crippen LogP contribution in [0.3, 0.4) is 0 Å². The smallest absolute Gasteiger partial charge is 0.101 e. The van der Waals surface area contributed by atoms with Crippen molar-refractivity contribution in [1.82, 2.24) is 4.90 Å². The van der Waals surface area contributed by atoms with Crippen LogP contribution in [0, 0.1) is 0 Å². The maximum absolute atomic E-state index is 5.36. The molecule has 0 radical (unpaired) electrons. The summed E-state index contributed by atoms with van der Waals surface area (Å²) in [6, 6.07) is 0. The third-order valence-electron chi connectivity index (χ3n) is 2.53. The zero-order chi connectivity index (χ0) is 10.4. The summed E-state index contributed by atoms with van der Waals surface area (Å²) in [7, 11) is 0. The van der Waals surface area contributed by atoms with E-state index in [0.29, 0.717) is 0 Å². The molecule has 0 unspecified atom stereocenters. The summed E-state index contributed by atoms with van der Waals surface area (Å²) < 4.78 is 0. The van der Waals surface area contributed by atoms with Gasteiger partial charge in [-0.15, -0.1) is 6.58 Å². The van der Waals surface area contributed by atoms with E-state index in [0.717, 1.165) is 30.9 Å². The number of rotatable bonds is 4. The first-order chi connectivity index (χ1) is 6.74. The van der Waals surface area contributed by atoms with Crippen molar-refractivity contribution < 1.29 is 0 Å². The van der Waals surface area contributed by atoms with Crippen molar-refractivity contribution in [3.05, 3.63) is 24.3 Å². The molecule has 0 N–H and O–H groups in total. The Bertz CT molecular complexity index is 237. The second kappa shape index (κ2) is 5.97. The van der Waals surface area contributed by atoms with Crippen molar-refractivity contribution in [1.29, 1.82) is 0 Å². The molecule has 1 nitrogen and oxygen atoms in total. The van der Waals surface area contributed by atoms with Gasteiger partial charge in [-0.05, 0) is 38.7 Å². The highest BCUT2D eigenvalue weighted by Gasteiger charge is 2.12. The Hall–Kier alpha value is -0.630. The van der Waals surface area contributed by atoms with Crippen LogP contribution in [-0.4, -0.2) is 23.0 Å². The van der Waals surface area contributed by atoms with Gasteiger partial charge in [0.2, 0.25) is 0 Å². The molecule has 1 fully saturated rings. The second-order valence-corrected chi connectivity index (χ2v) is 4.27. The predicted octanol–water partition coefficient (Wildman–Crippen LogP) is 3.32. The maximum Gasteiger partial charge on any atom is 0.101 e. The van der Waals surface area contributed by atoms with Gasteiger partial charge in [0.25, 0.3) is 0 Å². The minimum absolute atomic E-state index is 1.02. The molecule has 0 aromatic carbocycles. The van der Waals surface area contributed by atoms with Gasteiger partial charge in [-0.2, -0.15) is 0 Å². The van der Waals surface area contributed by atoms with Gasteiger partial charge < -0.3 is 4.90 Å². The minimum atomic E-state index is 1.02. The molecule has 1 heterocycles. The lowest BCUT2D eigenvalue weighted by atomic mass is 10.1. The van der Waals surface area contributed by atoms with E-state index < -0.39 is 0 Å². The third-order valence-corrected chi connectivity index (χ3v) is 2.91. The molecule has 0 atom stereocenters. The van der Waals surface area contributed by atoms with Crippen LogP contribution in [0.2, 0.25) is 0 Å². The molecule has 1 rings (SSSR count). The summed E-state index contributed by atoms with van der Waals surface area (Å²) in [4.78, 5) is 3.32. The Balaban J connectivity index is 2.39. The van der Waals surface area contributed by atoms with Crippen LogP contribution in [0.4, 0.5) is 0 Å². The largest absolute Gasteiger partial charge is 0.363 e. The van der Waals surface area contributed by atoms with Crippen molar-refractivity contribution in [2.24, 2.45) is 0 Å². The molecule has 0 saturated carbocycles. The minimum Gasteiger partial charge on any atom is -0.363 e. The van der Waals surface area contributed by atoms with Gasteiger partial charge >= 0.3 is 0 Å². The summed E-state index contributed by atoms with van der Waals surface area (Å²) in [5.74, 6) is 0. The molecule has 0 aromatic rings. The standard InChI is InChI=1S/C12H19NS/c1-3-4-7-11(2)10-12(14)13-8-5-6-9-13/h3,10H,1,4-9H2,2H3/b11-10-.